The molecule has 174 valence electrons. The molecule has 7 heteroatoms. The first kappa shape index (κ1) is 22.0. The van der Waals surface area contributed by atoms with E-state index in [-0.39, 0.29) is 17.7 Å². The molecule has 3 saturated heterocycles. The highest BCUT2D eigenvalue weighted by molar-refractivity contribution is 6.00. The summed E-state index contributed by atoms with van der Waals surface area (Å²) in [5, 5.41) is 0. The molecule has 1 aromatic heterocycles. The maximum absolute atomic E-state index is 13.4. The zero-order chi connectivity index (χ0) is 22.8. The molecule has 5 rings (SSSR count). The van der Waals surface area contributed by atoms with Crippen molar-refractivity contribution >= 4 is 11.8 Å². The molecular weight excluding hydrogens is 418 g/mol. The zero-order valence-electron chi connectivity index (χ0n) is 19.2. The lowest BCUT2D eigenvalue weighted by atomic mass is 9.92. The third kappa shape index (κ3) is 4.39. The fourth-order valence-corrected chi connectivity index (χ4v) is 5.24. The molecule has 0 unspecified atom stereocenters. The van der Waals surface area contributed by atoms with Gasteiger partial charge in [0.2, 0.25) is 5.91 Å². The van der Waals surface area contributed by atoms with Gasteiger partial charge in [-0.3, -0.25) is 14.6 Å². The molecule has 2 amide bonds. The third-order valence-electron chi connectivity index (χ3n) is 7.22. The van der Waals surface area contributed by atoms with E-state index in [4.69, 9.17) is 9.47 Å². The Kier molecular flexibility index (Phi) is 6.17. The Morgan fingerprint density at radius 1 is 0.939 bits per heavy atom. The highest BCUT2D eigenvalue weighted by atomic mass is 16.7. The van der Waals surface area contributed by atoms with Crippen LogP contribution in [0, 0.1) is 12.8 Å². The topological polar surface area (TPSA) is 72.0 Å². The van der Waals surface area contributed by atoms with Crippen LogP contribution in [0.3, 0.4) is 0 Å². The molecule has 0 radical (unpaired) electrons. The Bertz CT molecular complexity index is 1020. The van der Waals surface area contributed by atoms with Crippen molar-refractivity contribution in [1.82, 2.24) is 14.8 Å². The van der Waals surface area contributed by atoms with E-state index in [0.717, 1.165) is 29.7 Å². The second-order valence-electron chi connectivity index (χ2n) is 9.21. The smallest absolute Gasteiger partial charge is 0.256 e. The summed E-state index contributed by atoms with van der Waals surface area (Å²) in [5.41, 5.74) is 3.41. The molecule has 3 fully saturated rings. The van der Waals surface area contributed by atoms with E-state index in [1.165, 1.54) is 0 Å². The van der Waals surface area contributed by atoms with Crippen LogP contribution in [0.2, 0.25) is 0 Å². The molecule has 2 aromatic rings. The van der Waals surface area contributed by atoms with E-state index >= 15 is 0 Å². The van der Waals surface area contributed by atoms with Crippen LogP contribution in [-0.4, -0.2) is 71.8 Å². The van der Waals surface area contributed by atoms with E-state index in [1.54, 1.807) is 6.20 Å². The lowest BCUT2D eigenvalue weighted by Crippen LogP contribution is -2.50. The number of piperidine rings is 2. The Hall–Kier alpha value is -2.77. The van der Waals surface area contributed by atoms with E-state index < -0.39 is 5.79 Å². The minimum Gasteiger partial charge on any atom is -0.347 e. The van der Waals surface area contributed by atoms with Gasteiger partial charge in [-0.1, -0.05) is 24.3 Å². The SMILES string of the molecule is Cc1ccccc1-c1ncccc1C(=O)N1CCC(C(=O)N2CCC3(CC2)OCCO3)CC1. The van der Waals surface area contributed by atoms with Gasteiger partial charge in [0.05, 0.1) is 24.5 Å². The number of likely N-dealkylation sites (tertiary alicyclic amines) is 2. The van der Waals surface area contributed by atoms with E-state index in [1.807, 2.05) is 53.1 Å². The molecule has 33 heavy (non-hydrogen) atoms. The summed E-state index contributed by atoms with van der Waals surface area (Å²) in [5.74, 6) is -0.302. The summed E-state index contributed by atoms with van der Waals surface area (Å²) in [6.45, 7) is 5.83. The van der Waals surface area contributed by atoms with Crippen molar-refractivity contribution in [3.05, 3.63) is 53.7 Å². The number of hydrogen-bond acceptors (Lipinski definition) is 5. The molecule has 0 bridgehead atoms. The monoisotopic (exact) mass is 449 g/mol. The van der Waals surface area contributed by atoms with Crippen LogP contribution < -0.4 is 0 Å². The number of amides is 2. The fourth-order valence-electron chi connectivity index (χ4n) is 5.24. The van der Waals surface area contributed by atoms with E-state index in [2.05, 4.69) is 4.98 Å². The van der Waals surface area contributed by atoms with Crippen LogP contribution in [0.1, 0.15) is 41.6 Å². The Labute approximate surface area is 194 Å². The maximum Gasteiger partial charge on any atom is 0.256 e. The Balaban J connectivity index is 1.21. The molecule has 7 nitrogen and oxygen atoms in total. The molecule has 3 aliphatic heterocycles. The number of carbonyl (C=O) groups excluding carboxylic acids is 2. The van der Waals surface area contributed by atoms with Gasteiger partial charge in [-0.15, -0.1) is 0 Å². The first-order valence-electron chi connectivity index (χ1n) is 11.9. The normalized spacial score (nSPS) is 20.9. The second kappa shape index (κ2) is 9.23. The van der Waals surface area contributed by atoms with Crippen molar-refractivity contribution in [3.8, 4) is 11.3 Å². The highest BCUT2D eigenvalue weighted by Crippen LogP contribution is 2.33. The van der Waals surface area contributed by atoms with Gasteiger partial charge in [-0.25, -0.2) is 0 Å². The van der Waals surface area contributed by atoms with Crippen molar-refractivity contribution < 1.29 is 19.1 Å². The number of pyridine rings is 1. The standard InChI is InChI=1S/C26H31N3O4/c1-19-5-2-3-6-21(19)23-22(7-4-12-27-23)25(31)28-13-8-20(9-14-28)24(30)29-15-10-26(11-16-29)32-17-18-33-26/h2-7,12,20H,8-11,13-18H2,1H3. The molecule has 0 aliphatic carbocycles. The van der Waals surface area contributed by atoms with Gasteiger partial charge < -0.3 is 19.3 Å². The highest BCUT2D eigenvalue weighted by Gasteiger charge is 2.42. The largest absolute Gasteiger partial charge is 0.347 e. The lowest BCUT2D eigenvalue weighted by Gasteiger charge is -2.40. The van der Waals surface area contributed by atoms with Gasteiger partial charge in [-0.05, 0) is 37.5 Å². The van der Waals surface area contributed by atoms with Gasteiger partial charge in [0.15, 0.2) is 5.79 Å². The molecule has 0 saturated carbocycles. The average Bonchev–Trinajstić information content (AvgIpc) is 3.32. The van der Waals surface area contributed by atoms with Crippen LogP contribution >= 0.6 is 0 Å². The summed E-state index contributed by atoms with van der Waals surface area (Å²) in [6, 6.07) is 11.7. The summed E-state index contributed by atoms with van der Waals surface area (Å²) >= 11 is 0. The van der Waals surface area contributed by atoms with Gasteiger partial charge in [0.1, 0.15) is 0 Å². The van der Waals surface area contributed by atoms with Crippen LogP contribution in [0.4, 0.5) is 0 Å². The zero-order valence-corrected chi connectivity index (χ0v) is 19.2. The lowest BCUT2D eigenvalue weighted by molar-refractivity contribution is -0.188. The minimum atomic E-state index is -0.467. The number of ether oxygens (including phenoxy) is 2. The molecule has 3 aliphatic rings. The summed E-state index contributed by atoms with van der Waals surface area (Å²) in [4.78, 5) is 34.9. The van der Waals surface area contributed by atoms with Crippen LogP contribution in [0.5, 0.6) is 0 Å². The molecule has 1 aromatic carbocycles. The molecule has 0 N–H and O–H groups in total. The van der Waals surface area contributed by atoms with E-state index in [0.29, 0.717) is 57.8 Å². The first-order valence-corrected chi connectivity index (χ1v) is 11.9. The molecule has 0 atom stereocenters. The predicted octanol–water partition coefficient (Wildman–Crippen LogP) is 3.27. The van der Waals surface area contributed by atoms with Crippen LogP contribution in [-0.2, 0) is 14.3 Å². The maximum atomic E-state index is 13.4. The fraction of sp³-hybridized carbons (Fsp3) is 0.500. The summed E-state index contributed by atoms with van der Waals surface area (Å²) < 4.78 is 11.6. The number of benzene rings is 1. The average molecular weight is 450 g/mol. The van der Waals surface area contributed by atoms with Crippen molar-refractivity contribution in [2.24, 2.45) is 5.92 Å². The molecular formula is C26H31N3O4. The summed E-state index contributed by atoms with van der Waals surface area (Å²) in [7, 11) is 0. The van der Waals surface area contributed by atoms with Gasteiger partial charge in [0.25, 0.3) is 5.91 Å². The van der Waals surface area contributed by atoms with Gasteiger partial charge in [-0.2, -0.15) is 0 Å². The number of aryl methyl sites for hydroxylation is 1. The number of carbonyl (C=O) groups is 2. The van der Waals surface area contributed by atoms with Crippen LogP contribution in [0.25, 0.3) is 11.3 Å². The van der Waals surface area contributed by atoms with Crippen molar-refractivity contribution in [3.63, 3.8) is 0 Å². The molecule has 4 heterocycles. The summed E-state index contributed by atoms with van der Waals surface area (Å²) in [6.07, 6.45) is 4.59. The Morgan fingerprint density at radius 2 is 1.64 bits per heavy atom. The van der Waals surface area contributed by atoms with Gasteiger partial charge in [0, 0.05) is 56.7 Å². The number of rotatable bonds is 3. The minimum absolute atomic E-state index is 0.0114. The van der Waals surface area contributed by atoms with Crippen molar-refractivity contribution in [2.45, 2.75) is 38.4 Å². The van der Waals surface area contributed by atoms with Gasteiger partial charge >= 0.3 is 0 Å². The second-order valence-corrected chi connectivity index (χ2v) is 9.21. The predicted molar refractivity (Wildman–Crippen MR) is 123 cm³/mol. The van der Waals surface area contributed by atoms with Crippen LogP contribution in [0.15, 0.2) is 42.6 Å². The first-order chi connectivity index (χ1) is 16.1. The van der Waals surface area contributed by atoms with Crippen molar-refractivity contribution in [1.29, 1.82) is 0 Å². The van der Waals surface area contributed by atoms with Crippen molar-refractivity contribution in [2.75, 3.05) is 39.4 Å². The quantitative estimate of drug-likeness (QED) is 0.719. The number of nitrogens with zero attached hydrogens (tertiary/aromatic N) is 3. The van der Waals surface area contributed by atoms with E-state index in [9.17, 15) is 9.59 Å². The number of aromatic nitrogens is 1. The Morgan fingerprint density at radius 3 is 2.33 bits per heavy atom. The third-order valence-corrected chi connectivity index (χ3v) is 7.22. The number of hydrogen-bond donors (Lipinski definition) is 0. The molecule has 1 spiro atoms.